The van der Waals surface area contributed by atoms with Crippen molar-refractivity contribution in [2.45, 2.75) is 64.8 Å². The Balaban J connectivity index is 0.000000362. The molecule has 0 aliphatic carbocycles. The van der Waals surface area contributed by atoms with E-state index in [0.29, 0.717) is 0 Å². The second-order valence-electron chi connectivity index (χ2n) is 6.87. The molecule has 0 aliphatic rings. The Bertz CT molecular complexity index is 676. The van der Waals surface area contributed by atoms with Gasteiger partial charge in [0.2, 0.25) is 0 Å². The number of halogens is 1. The fourth-order valence-corrected chi connectivity index (χ4v) is 3.11. The van der Waals surface area contributed by atoms with Crippen LogP contribution in [0, 0.1) is 0 Å². The van der Waals surface area contributed by atoms with Gasteiger partial charge >= 0.3 is 5.97 Å². The average Bonchev–Trinajstić information content (AvgIpc) is 3.11. The number of aromatic carboxylic acids is 1. The van der Waals surface area contributed by atoms with Crippen LogP contribution in [0.5, 0.6) is 0 Å². The van der Waals surface area contributed by atoms with Gasteiger partial charge in [0.25, 0.3) is 0 Å². The molecule has 0 radical (unpaired) electrons. The largest absolute Gasteiger partial charge is 0.478 e. The van der Waals surface area contributed by atoms with Crippen LogP contribution >= 0.6 is 15.9 Å². The third-order valence-electron chi connectivity index (χ3n) is 4.25. The highest BCUT2D eigenvalue weighted by molar-refractivity contribution is 9.10. The Labute approximate surface area is 176 Å². The molecular formula is C21H33BrN4O2. The molecule has 0 aromatic carbocycles. The van der Waals surface area contributed by atoms with Gasteiger partial charge in [-0.25, -0.2) is 4.79 Å². The lowest BCUT2D eigenvalue weighted by Gasteiger charge is -2.05. The van der Waals surface area contributed by atoms with Crippen molar-refractivity contribution in [1.29, 1.82) is 0 Å². The van der Waals surface area contributed by atoms with Crippen LogP contribution < -0.4 is 5.32 Å². The van der Waals surface area contributed by atoms with Gasteiger partial charge in [0.15, 0.2) is 0 Å². The summed E-state index contributed by atoms with van der Waals surface area (Å²) in [4.78, 5) is 14.3. The number of nitrogens with one attached hydrogen (secondary N) is 1. The van der Waals surface area contributed by atoms with Crippen LogP contribution in [0.25, 0.3) is 0 Å². The molecule has 156 valence electrons. The minimum atomic E-state index is -0.942. The molecule has 2 heterocycles. The van der Waals surface area contributed by atoms with E-state index in [1.807, 2.05) is 12.4 Å². The summed E-state index contributed by atoms with van der Waals surface area (Å²) in [6, 6.07) is 2.12. The summed E-state index contributed by atoms with van der Waals surface area (Å²) >= 11 is 3.44. The number of rotatable bonds is 12. The highest BCUT2D eigenvalue weighted by Crippen LogP contribution is 2.10. The number of pyridine rings is 1. The van der Waals surface area contributed by atoms with Gasteiger partial charge < -0.3 is 10.4 Å². The quantitative estimate of drug-likeness (QED) is 0.432. The summed E-state index contributed by atoms with van der Waals surface area (Å²) in [7, 11) is 1.67. The molecule has 0 atom stereocenters. The van der Waals surface area contributed by atoms with Gasteiger partial charge in [-0.2, -0.15) is 5.10 Å². The molecule has 28 heavy (non-hydrogen) atoms. The minimum Gasteiger partial charge on any atom is -0.478 e. The van der Waals surface area contributed by atoms with Gasteiger partial charge in [0.05, 0.1) is 11.8 Å². The predicted octanol–water partition coefficient (Wildman–Crippen LogP) is 5.19. The number of unbranched alkanes of at least 4 members (excludes halogenated alkanes) is 7. The molecule has 0 bridgehead atoms. The topological polar surface area (TPSA) is 80.0 Å². The normalized spacial score (nSPS) is 10.4. The fraction of sp³-hybridized carbons (Fsp3) is 0.571. The number of nitrogens with zero attached hydrogens (tertiary/aromatic N) is 3. The van der Waals surface area contributed by atoms with E-state index in [1.54, 1.807) is 7.05 Å². The lowest BCUT2D eigenvalue weighted by molar-refractivity contribution is 0.0697. The average molecular weight is 453 g/mol. The van der Waals surface area contributed by atoms with E-state index >= 15 is 0 Å². The molecule has 2 aromatic rings. The number of aromatic nitrogens is 3. The van der Waals surface area contributed by atoms with E-state index in [9.17, 15) is 4.79 Å². The van der Waals surface area contributed by atoms with Gasteiger partial charge in [-0.1, -0.05) is 51.9 Å². The van der Waals surface area contributed by atoms with Gasteiger partial charge in [-0.3, -0.25) is 9.67 Å². The maximum atomic E-state index is 10.2. The third-order valence-corrected chi connectivity index (χ3v) is 4.68. The van der Waals surface area contributed by atoms with Crippen LogP contribution in [0.3, 0.4) is 0 Å². The molecular weight excluding hydrogens is 420 g/mol. The zero-order valence-corrected chi connectivity index (χ0v) is 18.6. The molecule has 0 spiro atoms. The number of hydrogen-bond donors (Lipinski definition) is 2. The highest BCUT2D eigenvalue weighted by Gasteiger charge is 2.02. The molecule has 0 fully saturated rings. The molecule has 0 amide bonds. The summed E-state index contributed by atoms with van der Waals surface area (Å²) in [5.41, 5.74) is 1.46. The second kappa shape index (κ2) is 15.2. The Morgan fingerprint density at radius 1 is 1.11 bits per heavy atom. The Hall–Kier alpha value is -1.73. The molecule has 7 heteroatoms. The monoisotopic (exact) mass is 452 g/mol. The van der Waals surface area contributed by atoms with E-state index < -0.39 is 5.97 Å². The third kappa shape index (κ3) is 11.9. The van der Waals surface area contributed by atoms with Crippen LogP contribution in [-0.4, -0.2) is 32.4 Å². The maximum absolute atomic E-state index is 10.2. The maximum Gasteiger partial charge on any atom is 0.338 e. The van der Waals surface area contributed by atoms with Crippen molar-refractivity contribution < 1.29 is 9.90 Å². The fourth-order valence-electron chi connectivity index (χ4n) is 2.70. The number of aryl methyl sites for hydroxylation is 1. The zero-order valence-electron chi connectivity index (χ0n) is 17.0. The summed E-state index contributed by atoms with van der Waals surface area (Å²) in [6.45, 7) is 4.30. The Morgan fingerprint density at radius 2 is 1.79 bits per heavy atom. The van der Waals surface area contributed by atoms with Crippen molar-refractivity contribution in [2.24, 2.45) is 7.05 Å². The lowest BCUT2D eigenvalue weighted by Crippen LogP contribution is -2.14. The van der Waals surface area contributed by atoms with Crippen LogP contribution in [0.2, 0.25) is 0 Å². The van der Waals surface area contributed by atoms with Crippen molar-refractivity contribution in [3.05, 3.63) is 46.5 Å². The molecule has 2 aromatic heterocycles. The number of carboxylic acids is 1. The van der Waals surface area contributed by atoms with Crippen molar-refractivity contribution in [3.63, 3.8) is 0 Å². The lowest BCUT2D eigenvalue weighted by atomic mass is 10.1. The van der Waals surface area contributed by atoms with Crippen LogP contribution in [0.1, 0.15) is 74.2 Å². The van der Waals surface area contributed by atoms with E-state index in [1.165, 1.54) is 74.0 Å². The van der Waals surface area contributed by atoms with E-state index in [-0.39, 0.29) is 5.56 Å². The Morgan fingerprint density at radius 3 is 2.32 bits per heavy atom. The number of carbonyl (C=O) groups is 1. The first-order valence-corrected chi connectivity index (χ1v) is 10.8. The summed E-state index contributed by atoms with van der Waals surface area (Å²) in [5.74, 6) is -0.942. The van der Waals surface area contributed by atoms with Crippen molar-refractivity contribution >= 4 is 21.9 Å². The molecule has 0 saturated carbocycles. The highest BCUT2D eigenvalue weighted by atomic mass is 79.9. The number of carboxylic acid groups (broad SMARTS) is 1. The molecule has 0 aliphatic heterocycles. The number of hydrogen-bond acceptors (Lipinski definition) is 4. The molecule has 2 N–H and O–H groups in total. The van der Waals surface area contributed by atoms with E-state index in [2.05, 4.69) is 44.3 Å². The van der Waals surface area contributed by atoms with Crippen LogP contribution in [0.15, 0.2) is 35.3 Å². The second-order valence-corrected chi connectivity index (χ2v) is 7.79. The van der Waals surface area contributed by atoms with E-state index in [0.717, 1.165) is 17.6 Å². The predicted molar refractivity (Wildman–Crippen MR) is 116 cm³/mol. The van der Waals surface area contributed by atoms with Crippen molar-refractivity contribution in [1.82, 2.24) is 20.1 Å². The van der Waals surface area contributed by atoms with Crippen LogP contribution in [-0.2, 0) is 13.6 Å². The zero-order chi connectivity index (χ0) is 20.6. The first-order chi connectivity index (χ1) is 13.5. The van der Waals surface area contributed by atoms with Gasteiger partial charge in [-0.15, -0.1) is 0 Å². The summed E-state index contributed by atoms with van der Waals surface area (Å²) in [5, 5.41) is 15.5. The van der Waals surface area contributed by atoms with Crippen molar-refractivity contribution in [3.8, 4) is 0 Å². The standard InChI is InChI=1S/C16H27BrN2.C5H6N2O2/c1-2-3-4-5-6-7-8-9-10-18-12-15-11-16(17)14-19-13-15;1-7-3-4(2-6-7)5(8)9/h11,13-14,18H,2-10,12H2,1H3;2-3H,1H3,(H,8,9). The SMILES string of the molecule is CCCCCCCCCCNCc1cncc(Br)c1.Cn1cc(C(=O)O)cn1. The molecule has 2 rings (SSSR count). The first kappa shape index (κ1) is 24.3. The molecule has 6 nitrogen and oxygen atoms in total. The van der Waals surface area contributed by atoms with Gasteiger partial charge in [0.1, 0.15) is 0 Å². The van der Waals surface area contributed by atoms with Gasteiger partial charge in [-0.05, 0) is 40.5 Å². The van der Waals surface area contributed by atoms with Crippen molar-refractivity contribution in [2.75, 3.05) is 6.54 Å². The van der Waals surface area contributed by atoms with Crippen LogP contribution in [0.4, 0.5) is 0 Å². The van der Waals surface area contributed by atoms with Gasteiger partial charge in [0, 0.05) is 36.7 Å². The smallest absolute Gasteiger partial charge is 0.338 e. The first-order valence-electron chi connectivity index (χ1n) is 10.0. The summed E-state index contributed by atoms with van der Waals surface area (Å²) in [6.07, 6.45) is 17.5. The van der Waals surface area contributed by atoms with E-state index in [4.69, 9.17) is 5.11 Å². The Kier molecular flexibility index (Phi) is 13.2. The molecule has 0 saturated heterocycles. The summed E-state index contributed by atoms with van der Waals surface area (Å²) < 4.78 is 2.50. The molecule has 0 unspecified atom stereocenters. The minimum absolute atomic E-state index is 0.220.